The van der Waals surface area contributed by atoms with E-state index in [1.165, 1.54) is 17.8 Å². The van der Waals surface area contributed by atoms with Crippen molar-refractivity contribution in [3.8, 4) is 0 Å². The Balaban J connectivity index is 2.04. The number of aromatic amines is 1. The number of benzene rings is 1. The van der Waals surface area contributed by atoms with Crippen LogP contribution < -0.4 is 0 Å². The van der Waals surface area contributed by atoms with Crippen LogP contribution in [-0.2, 0) is 6.42 Å². The third-order valence-corrected chi connectivity index (χ3v) is 3.62. The molecule has 1 N–H and O–H groups in total. The van der Waals surface area contributed by atoms with Gasteiger partial charge in [-0.1, -0.05) is 30.8 Å². The van der Waals surface area contributed by atoms with E-state index in [1.807, 2.05) is 13.0 Å². The van der Waals surface area contributed by atoms with Crippen LogP contribution in [0.3, 0.4) is 0 Å². The number of thioether (sulfide) groups is 1. The summed E-state index contributed by atoms with van der Waals surface area (Å²) in [5.74, 6) is 0.702. The van der Waals surface area contributed by atoms with Gasteiger partial charge in [0.25, 0.3) is 0 Å². The minimum Gasteiger partial charge on any atom is -0.262 e. The molecule has 0 unspecified atom stereocenters. The van der Waals surface area contributed by atoms with Gasteiger partial charge in [-0.3, -0.25) is 5.10 Å². The molecule has 1 aromatic carbocycles. The number of nitrogens with zero attached hydrogens (tertiary/aromatic N) is 2. The van der Waals surface area contributed by atoms with Crippen molar-refractivity contribution in [3.05, 3.63) is 41.5 Å². The molecule has 1 atom stereocenters. The van der Waals surface area contributed by atoms with Crippen molar-refractivity contribution >= 4 is 11.8 Å². The Morgan fingerprint density at radius 1 is 1.44 bits per heavy atom. The number of aromatic nitrogens is 3. The normalized spacial score (nSPS) is 12.6. The second-order valence-corrected chi connectivity index (χ2v) is 5.44. The van der Waals surface area contributed by atoms with Crippen LogP contribution >= 0.6 is 11.8 Å². The SMILES string of the molecule is CCCc1nc(S[C@H](C)c2cccc(F)c2)n[nH]1. The Bertz CT molecular complexity index is 512. The van der Waals surface area contributed by atoms with E-state index < -0.39 is 0 Å². The molecule has 1 aromatic heterocycles. The minimum atomic E-state index is -0.207. The Morgan fingerprint density at radius 3 is 3.00 bits per heavy atom. The molecule has 0 bridgehead atoms. The summed E-state index contributed by atoms with van der Waals surface area (Å²) in [7, 11) is 0. The van der Waals surface area contributed by atoms with Crippen molar-refractivity contribution in [2.45, 2.75) is 37.1 Å². The van der Waals surface area contributed by atoms with Crippen LogP contribution in [0.5, 0.6) is 0 Å². The summed E-state index contributed by atoms with van der Waals surface area (Å²) in [4.78, 5) is 4.39. The number of hydrogen-bond acceptors (Lipinski definition) is 3. The summed E-state index contributed by atoms with van der Waals surface area (Å²) >= 11 is 1.53. The maximum atomic E-state index is 13.1. The third-order valence-electron chi connectivity index (χ3n) is 2.60. The molecule has 0 amide bonds. The Labute approximate surface area is 110 Å². The van der Waals surface area contributed by atoms with Crippen LogP contribution in [0, 0.1) is 5.82 Å². The first-order valence-electron chi connectivity index (χ1n) is 6.02. The lowest BCUT2D eigenvalue weighted by atomic mass is 10.2. The van der Waals surface area contributed by atoms with E-state index in [4.69, 9.17) is 0 Å². The number of halogens is 1. The lowest BCUT2D eigenvalue weighted by Crippen LogP contribution is -1.90. The molecule has 0 radical (unpaired) electrons. The third kappa shape index (κ3) is 3.32. The van der Waals surface area contributed by atoms with E-state index in [0.29, 0.717) is 0 Å². The number of aryl methyl sites for hydroxylation is 1. The van der Waals surface area contributed by atoms with Gasteiger partial charge in [-0.15, -0.1) is 5.10 Å². The molecule has 0 aliphatic rings. The predicted molar refractivity (Wildman–Crippen MR) is 71.0 cm³/mol. The van der Waals surface area contributed by atoms with Crippen molar-refractivity contribution in [1.29, 1.82) is 0 Å². The monoisotopic (exact) mass is 265 g/mol. The Kier molecular flexibility index (Phi) is 4.36. The number of H-pyrrole nitrogens is 1. The van der Waals surface area contributed by atoms with Crippen LogP contribution in [0.25, 0.3) is 0 Å². The second kappa shape index (κ2) is 6.00. The fourth-order valence-electron chi connectivity index (χ4n) is 1.66. The van der Waals surface area contributed by atoms with E-state index in [-0.39, 0.29) is 11.1 Å². The zero-order chi connectivity index (χ0) is 13.0. The van der Waals surface area contributed by atoms with Gasteiger partial charge in [-0.25, -0.2) is 9.37 Å². The van der Waals surface area contributed by atoms with Gasteiger partial charge in [0, 0.05) is 11.7 Å². The fourth-order valence-corrected chi connectivity index (χ4v) is 2.52. The molecule has 2 rings (SSSR count). The lowest BCUT2D eigenvalue weighted by molar-refractivity contribution is 0.625. The molecule has 0 saturated carbocycles. The molecule has 2 aromatic rings. The van der Waals surface area contributed by atoms with E-state index in [0.717, 1.165) is 29.4 Å². The zero-order valence-electron chi connectivity index (χ0n) is 10.5. The first-order chi connectivity index (χ1) is 8.69. The highest BCUT2D eigenvalue weighted by atomic mass is 32.2. The van der Waals surface area contributed by atoms with Crippen molar-refractivity contribution in [1.82, 2.24) is 15.2 Å². The van der Waals surface area contributed by atoms with Crippen LogP contribution in [0.1, 0.15) is 36.9 Å². The summed E-state index contributed by atoms with van der Waals surface area (Å²) in [5, 5.41) is 7.92. The maximum absolute atomic E-state index is 13.1. The van der Waals surface area contributed by atoms with E-state index in [1.54, 1.807) is 12.1 Å². The highest BCUT2D eigenvalue weighted by Crippen LogP contribution is 2.32. The molecule has 0 aliphatic carbocycles. The molecule has 5 heteroatoms. The first kappa shape index (κ1) is 13.1. The Hall–Kier alpha value is -1.36. The fraction of sp³-hybridized carbons (Fsp3) is 0.385. The molecule has 0 aliphatic heterocycles. The molecule has 0 spiro atoms. The quantitative estimate of drug-likeness (QED) is 0.837. The van der Waals surface area contributed by atoms with E-state index in [2.05, 4.69) is 22.1 Å². The van der Waals surface area contributed by atoms with E-state index >= 15 is 0 Å². The van der Waals surface area contributed by atoms with Crippen LogP contribution in [-0.4, -0.2) is 15.2 Å². The minimum absolute atomic E-state index is 0.131. The number of nitrogens with one attached hydrogen (secondary N) is 1. The zero-order valence-corrected chi connectivity index (χ0v) is 11.3. The standard InChI is InChI=1S/C13H16FN3S/c1-3-5-12-15-13(17-16-12)18-9(2)10-6-4-7-11(14)8-10/h4,6-9H,3,5H2,1-2H3,(H,15,16,17)/t9-/m1/s1. The van der Waals surface area contributed by atoms with Crippen molar-refractivity contribution in [3.63, 3.8) is 0 Å². The van der Waals surface area contributed by atoms with Crippen LogP contribution in [0.2, 0.25) is 0 Å². The topological polar surface area (TPSA) is 41.6 Å². The number of rotatable bonds is 5. The van der Waals surface area contributed by atoms with Gasteiger partial charge in [0.2, 0.25) is 5.16 Å². The van der Waals surface area contributed by atoms with Gasteiger partial charge >= 0.3 is 0 Å². The van der Waals surface area contributed by atoms with Crippen molar-refractivity contribution in [2.75, 3.05) is 0 Å². The van der Waals surface area contributed by atoms with Gasteiger partial charge < -0.3 is 0 Å². The summed E-state index contributed by atoms with van der Waals surface area (Å²) in [6, 6.07) is 6.65. The van der Waals surface area contributed by atoms with Gasteiger partial charge in [0.1, 0.15) is 11.6 Å². The molecule has 96 valence electrons. The summed E-state index contributed by atoms with van der Waals surface area (Å²) in [6.45, 7) is 4.13. The summed E-state index contributed by atoms with van der Waals surface area (Å²) in [6.07, 6.45) is 1.95. The molecular weight excluding hydrogens is 249 g/mol. The average Bonchev–Trinajstić information content (AvgIpc) is 2.77. The second-order valence-electron chi connectivity index (χ2n) is 4.13. The summed E-state index contributed by atoms with van der Waals surface area (Å²) in [5.41, 5.74) is 0.946. The van der Waals surface area contributed by atoms with Crippen LogP contribution in [0.4, 0.5) is 4.39 Å². The molecule has 3 nitrogen and oxygen atoms in total. The van der Waals surface area contributed by atoms with Crippen molar-refractivity contribution in [2.24, 2.45) is 0 Å². The Morgan fingerprint density at radius 2 is 2.28 bits per heavy atom. The van der Waals surface area contributed by atoms with E-state index in [9.17, 15) is 4.39 Å². The van der Waals surface area contributed by atoms with Crippen LogP contribution in [0.15, 0.2) is 29.4 Å². The molecule has 1 heterocycles. The first-order valence-corrected chi connectivity index (χ1v) is 6.90. The maximum Gasteiger partial charge on any atom is 0.209 e. The van der Waals surface area contributed by atoms with Gasteiger partial charge in [0.05, 0.1) is 0 Å². The van der Waals surface area contributed by atoms with Gasteiger partial charge in [0.15, 0.2) is 0 Å². The highest BCUT2D eigenvalue weighted by Gasteiger charge is 2.11. The average molecular weight is 265 g/mol. The summed E-state index contributed by atoms with van der Waals surface area (Å²) < 4.78 is 13.1. The highest BCUT2D eigenvalue weighted by molar-refractivity contribution is 7.99. The number of hydrogen-bond donors (Lipinski definition) is 1. The van der Waals surface area contributed by atoms with Gasteiger partial charge in [-0.2, -0.15) is 0 Å². The molecular formula is C13H16FN3S. The molecule has 0 saturated heterocycles. The largest absolute Gasteiger partial charge is 0.262 e. The smallest absolute Gasteiger partial charge is 0.209 e. The lowest BCUT2D eigenvalue weighted by Gasteiger charge is -2.08. The molecule has 18 heavy (non-hydrogen) atoms. The van der Waals surface area contributed by atoms with Gasteiger partial charge in [-0.05, 0) is 31.0 Å². The molecule has 0 fully saturated rings. The predicted octanol–water partition coefficient (Wildman–Crippen LogP) is 3.75. The van der Waals surface area contributed by atoms with Crippen molar-refractivity contribution < 1.29 is 4.39 Å².